The Morgan fingerprint density at radius 2 is 0.919 bits per heavy atom. The largest absolute Gasteiger partial charge is 0.489 e. The molecule has 2 aromatic heterocycles. The number of alkyl halides is 6. The number of likely N-dealkylation sites (N-methyl/N-ethyl adjacent to an activating group) is 2. The Balaban J connectivity index is 0.000000213. The molecule has 680 valence electrons. The van der Waals surface area contributed by atoms with Crippen LogP contribution in [0, 0.1) is 58.2 Å². The van der Waals surface area contributed by atoms with Gasteiger partial charge >= 0.3 is 11.9 Å². The van der Waals surface area contributed by atoms with Gasteiger partial charge in [-0.05, 0) is 177 Å². The number of sulfonamides is 2. The number of anilines is 2. The first kappa shape index (κ1) is 92.8. The number of nitrogens with one attached hydrogen (secondary N) is 2. The minimum absolute atomic E-state index is 0.0201. The van der Waals surface area contributed by atoms with Gasteiger partial charge in [-0.1, -0.05) is 64.8 Å². The molecule has 0 unspecified atom stereocenters. The molecule has 4 aliphatic carbocycles. The Morgan fingerprint density at radius 1 is 0.548 bits per heavy atom. The van der Waals surface area contributed by atoms with Crippen molar-refractivity contribution in [2.45, 2.75) is 254 Å². The lowest BCUT2D eigenvalue weighted by Gasteiger charge is -2.35. The van der Waals surface area contributed by atoms with Crippen LogP contribution in [-0.2, 0) is 67.9 Å². The fourth-order valence-corrected chi connectivity index (χ4v) is 21.7. The maximum absolute atomic E-state index is 15.1. The molecule has 2 N–H and O–H groups in total. The van der Waals surface area contributed by atoms with Gasteiger partial charge < -0.3 is 48.0 Å². The molecule has 0 bridgehead atoms. The molecule has 124 heavy (non-hydrogen) atoms. The maximum Gasteiger partial charge on any atom is 0.307 e. The number of aromatic nitrogens is 2. The minimum Gasteiger partial charge on any atom is -0.489 e. The number of pyridine rings is 2. The summed E-state index contributed by atoms with van der Waals surface area (Å²) < 4.78 is 176. The van der Waals surface area contributed by atoms with Crippen molar-refractivity contribution in [1.82, 2.24) is 29.2 Å². The average molecular weight is 1780 g/mol. The van der Waals surface area contributed by atoms with E-state index in [1.807, 2.05) is 102 Å². The Labute approximate surface area is 721 Å². The number of benzene rings is 2. The van der Waals surface area contributed by atoms with Gasteiger partial charge in [0, 0.05) is 87.6 Å². The molecule has 4 saturated carbocycles. The van der Waals surface area contributed by atoms with Gasteiger partial charge in [-0.3, -0.25) is 47.8 Å². The van der Waals surface area contributed by atoms with Crippen LogP contribution in [-0.4, -0.2) is 207 Å². The minimum atomic E-state index is -4.40. The lowest BCUT2D eigenvalue weighted by molar-refractivity contribution is -0.197. The van der Waals surface area contributed by atoms with Crippen LogP contribution in [0.3, 0.4) is 0 Å². The first-order valence-electron chi connectivity index (χ1n) is 43.6. The number of Topliss-reactive ketones (excluding diaryl/α,β-unsaturated/α-hetero) is 2. The normalized spacial score (nSPS) is 29.6. The van der Waals surface area contributed by atoms with Crippen molar-refractivity contribution < 1.29 is 110 Å². The maximum atomic E-state index is 15.1. The Kier molecular flexibility index (Phi) is 26.5. The molecular formula is C90H118F6N8O18S2. The summed E-state index contributed by atoms with van der Waals surface area (Å²) in [4.78, 5) is 131. The molecule has 14 rings (SSSR count). The predicted octanol–water partition coefficient (Wildman–Crippen LogP) is 13.4. The molecule has 10 aliphatic rings. The number of esters is 2. The Hall–Kier alpha value is -8.82. The second-order valence-electron chi connectivity index (χ2n) is 37.9. The van der Waals surface area contributed by atoms with Gasteiger partial charge in [0.15, 0.2) is 34.3 Å². The van der Waals surface area contributed by atoms with Crippen molar-refractivity contribution in [2.75, 3.05) is 76.6 Å². The number of fused-ring (bicyclic) bond motifs is 10. The van der Waals surface area contributed by atoms with Crippen molar-refractivity contribution in [3.8, 4) is 23.3 Å². The van der Waals surface area contributed by atoms with E-state index >= 15 is 9.59 Å². The second-order valence-corrected chi connectivity index (χ2v) is 42.0. The first-order valence-corrected chi connectivity index (χ1v) is 46.6. The highest BCUT2D eigenvalue weighted by Gasteiger charge is 2.66. The van der Waals surface area contributed by atoms with Crippen molar-refractivity contribution in [3.05, 3.63) is 73.1 Å². The quantitative estimate of drug-likeness (QED) is 0.0419. The molecule has 8 heterocycles. The van der Waals surface area contributed by atoms with E-state index < -0.39 is 209 Å². The number of hydrogen-bond donors (Lipinski definition) is 2. The number of halogens is 6. The summed E-state index contributed by atoms with van der Waals surface area (Å²) in [6, 6.07) is 8.85. The number of ether oxygens (including phenoxy) is 6. The van der Waals surface area contributed by atoms with Gasteiger partial charge in [0.2, 0.25) is 55.4 Å². The number of ketones is 2. The molecule has 0 radical (unpaired) electrons. The highest BCUT2D eigenvalue weighted by molar-refractivity contribution is 7.92. The number of amides is 4. The first-order chi connectivity index (χ1) is 58.3. The van der Waals surface area contributed by atoms with Crippen LogP contribution >= 0.6 is 0 Å². The van der Waals surface area contributed by atoms with Gasteiger partial charge in [-0.2, -0.15) is 0 Å². The fraction of sp³-hybridized carbons (Fsp3) is 0.667. The summed E-state index contributed by atoms with van der Waals surface area (Å²) >= 11 is 0. The molecule has 0 spiro atoms. The third-order valence-corrected chi connectivity index (χ3v) is 32.6. The van der Waals surface area contributed by atoms with Crippen molar-refractivity contribution in [2.24, 2.45) is 58.2 Å². The van der Waals surface area contributed by atoms with Gasteiger partial charge in [0.1, 0.15) is 48.3 Å². The Morgan fingerprint density at radius 3 is 1.26 bits per heavy atom. The van der Waals surface area contributed by atoms with Crippen LogP contribution in [0.2, 0.25) is 0 Å². The van der Waals surface area contributed by atoms with E-state index in [1.165, 1.54) is 9.80 Å². The molecule has 2 aromatic carbocycles. The zero-order valence-corrected chi connectivity index (χ0v) is 74.4. The summed E-state index contributed by atoms with van der Waals surface area (Å²) in [5, 5.41) is 2.81. The third-order valence-electron chi connectivity index (χ3n) is 28.3. The van der Waals surface area contributed by atoms with Crippen LogP contribution in [0.5, 0.6) is 23.3 Å². The second kappa shape index (κ2) is 35.4. The monoisotopic (exact) mass is 1780 g/mol. The molecular weight excluding hydrogens is 1660 g/mol. The Bertz CT molecular complexity index is 4770. The smallest absolute Gasteiger partial charge is 0.307 e. The van der Waals surface area contributed by atoms with Gasteiger partial charge in [-0.25, -0.2) is 53.1 Å². The molecule has 4 aromatic rings. The van der Waals surface area contributed by atoms with E-state index in [2.05, 4.69) is 29.2 Å². The summed E-state index contributed by atoms with van der Waals surface area (Å²) in [5.74, 6) is -14.6. The lowest BCUT2D eigenvalue weighted by Crippen LogP contribution is -2.49. The van der Waals surface area contributed by atoms with Crippen LogP contribution in [0.1, 0.15) is 198 Å². The van der Waals surface area contributed by atoms with E-state index in [4.69, 9.17) is 28.4 Å². The molecule has 6 fully saturated rings. The number of carbonyl (C=O) groups excluding carboxylic acids is 8. The average Bonchev–Trinajstić information content (AvgIpc) is 1.58. The fourth-order valence-electron chi connectivity index (χ4n) is 18.8. The third kappa shape index (κ3) is 18.8. The predicted molar refractivity (Wildman–Crippen MR) is 450 cm³/mol. The summed E-state index contributed by atoms with van der Waals surface area (Å²) in [6.07, 6.45) is 12.3. The van der Waals surface area contributed by atoms with Crippen molar-refractivity contribution in [1.29, 1.82) is 0 Å². The molecule has 4 amide bonds. The number of carbonyl (C=O) groups is 8. The van der Waals surface area contributed by atoms with E-state index in [9.17, 15) is 71.9 Å². The van der Waals surface area contributed by atoms with E-state index in [0.717, 1.165) is 49.8 Å². The van der Waals surface area contributed by atoms with Crippen LogP contribution in [0.15, 0.2) is 73.1 Å². The van der Waals surface area contributed by atoms with E-state index in [-0.39, 0.29) is 88.1 Å². The molecule has 26 nitrogen and oxygen atoms in total. The van der Waals surface area contributed by atoms with E-state index in [0.29, 0.717) is 114 Å². The SMILES string of the molecule is CC[C@@H]1C[C@@H](C)CC/C=C\[C@@H]2C[C@@]2(C(=O)NS(=O)(=O)C2(CF)CC2)CC(=O)[C@@H]2C[C@@H](Oc3nccc4c5c(ccc34)N(C)CCO5)CN2C(=O)[C@H]1CC(=O)OC(C)(C)C(C)(F)F.CC[C@@H]1C[C@H](C)CC/C=C\[C@@H]2C[C@@]2(C(=O)NS(=O)(=O)C2(CF)CC2)CC(=O)[C@@H]2C[C@@H](Oc3nccc4c5c(ccc34)N(C)CCO5)CN2C(=O)[C@H]1CC(=O)OC(C)(C)C(C)(F)F. The number of nitrogens with zero attached hydrogens (tertiary/aromatic N) is 6. The standard InChI is InChI=1S/2C45H59F3N4O9S/c2*1-7-28-20-27(2)10-8-9-11-29-23-45(29,41(56)50-62(57,58)44(26-46)15-16-44)24-36(53)35-21-30(25-52(35)40(55)33(28)22-37(54)61-42(3,4)43(5,47)48)60-39-32-12-13-34-38(31(32)14-17-49-39)59-19-18-51(34)6/h2*9,11-14,17,27-30,33,35H,7-8,10,15-16,18-26H2,1-6H3,(H,50,56)/b2*11-9-/t27-,28+,29+,30+,33-,35-,45+;27-,28-,29-,30-,33+,35+,45-/m01/s1. The number of rotatable bonds is 22. The van der Waals surface area contributed by atoms with Crippen molar-refractivity contribution in [3.63, 3.8) is 0 Å². The van der Waals surface area contributed by atoms with Crippen LogP contribution < -0.4 is 38.2 Å². The zero-order chi connectivity index (χ0) is 90.0. The van der Waals surface area contributed by atoms with Gasteiger partial charge in [0.25, 0.3) is 11.8 Å². The number of allylic oxidation sites excluding steroid dienone is 4. The summed E-state index contributed by atoms with van der Waals surface area (Å²) in [7, 11) is -4.86. The van der Waals surface area contributed by atoms with Crippen LogP contribution in [0.4, 0.5) is 37.7 Å². The lowest BCUT2D eigenvalue weighted by atomic mass is 9.79. The molecule has 2 saturated heterocycles. The molecule has 14 atom stereocenters. The summed E-state index contributed by atoms with van der Waals surface area (Å²) in [6.45, 7) is 13.5. The van der Waals surface area contributed by atoms with Gasteiger partial charge in [0.05, 0.1) is 85.1 Å². The summed E-state index contributed by atoms with van der Waals surface area (Å²) in [5.41, 5.74) is -5.48. The van der Waals surface area contributed by atoms with Crippen molar-refractivity contribution >= 4 is 100 Å². The zero-order valence-electron chi connectivity index (χ0n) is 72.8. The van der Waals surface area contributed by atoms with E-state index in [1.54, 1.807) is 12.4 Å². The topological polar surface area (TPSA) is 323 Å². The highest BCUT2D eigenvalue weighted by atomic mass is 32.2. The van der Waals surface area contributed by atoms with Crippen LogP contribution in [0.25, 0.3) is 21.5 Å². The molecule has 6 aliphatic heterocycles. The highest BCUT2D eigenvalue weighted by Crippen LogP contribution is 2.60. The van der Waals surface area contributed by atoms with Gasteiger partial charge in [-0.15, -0.1) is 0 Å². The number of hydrogen-bond acceptors (Lipinski definition) is 22. The molecule has 34 heteroatoms.